The van der Waals surface area contributed by atoms with Gasteiger partial charge in [-0.2, -0.15) is 10.2 Å². The van der Waals surface area contributed by atoms with Crippen molar-refractivity contribution in [2.75, 3.05) is 13.1 Å². The molecule has 1 aliphatic rings. The van der Waals surface area contributed by atoms with E-state index in [0.717, 1.165) is 30.8 Å². The maximum absolute atomic E-state index is 12.7. The fourth-order valence-corrected chi connectivity index (χ4v) is 3.22. The first-order valence-electron chi connectivity index (χ1n) is 8.90. The predicted molar refractivity (Wildman–Crippen MR) is 98.5 cm³/mol. The zero-order valence-electron chi connectivity index (χ0n) is 14.7. The summed E-state index contributed by atoms with van der Waals surface area (Å²) in [7, 11) is 0. The summed E-state index contributed by atoms with van der Waals surface area (Å²) in [4.78, 5) is 23.4. The summed E-state index contributed by atoms with van der Waals surface area (Å²) in [6.45, 7) is 1.33. The van der Waals surface area contributed by atoms with Gasteiger partial charge in [0.2, 0.25) is 5.88 Å². The summed E-state index contributed by atoms with van der Waals surface area (Å²) in [6.07, 6.45) is 8.27. The second-order valence-electron chi connectivity index (χ2n) is 6.42. The van der Waals surface area contributed by atoms with E-state index in [1.165, 1.54) is 12.4 Å². The van der Waals surface area contributed by atoms with E-state index in [1.807, 2.05) is 35.2 Å². The molecule has 7 heteroatoms. The highest BCUT2D eigenvalue weighted by molar-refractivity contribution is 5.93. The molecule has 0 saturated carbocycles. The Balaban J connectivity index is 1.48. The number of piperidine rings is 1. The zero-order valence-corrected chi connectivity index (χ0v) is 14.7. The fraction of sp³-hybridized carbons (Fsp3) is 0.250. The molecule has 1 aliphatic heterocycles. The Morgan fingerprint density at radius 2 is 1.96 bits per heavy atom. The topological polar surface area (TPSA) is 81.1 Å². The average molecular weight is 361 g/mol. The molecule has 1 atom stereocenters. The van der Waals surface area contributed by atoms with Crippen LogP contribution in [0.3, 0.4) is 0 Å². The highest BCUT2D eigenvalue weighted by atomic mass is 16.5. The first-order valence-corrected chi connectivity index (χ1v) is 8.90. The Hall–Kier alpha value is -3.35. The Labute approximate surface area is 157 Å². The SMILES string of the molecule is O=C(c1ccnnc1)N1CCC[C@@H](c2cncc(Oc3ccccc3)n2)C1. The van der Waals surface area contributed by atoms with Crippen molar-refractivity contribution in [3.05, 3.63) is 72.4 Å². The molecule has 1 saturated heterocycles. The second-order valence-corrected chi connectivity index (χ2v) is 6.42. The van der Waals surface area contributed by atoms with Crippen LogP contribution in [-0.2, 0) is 0 Å². The van der Waals surface area contributed by atoms with E-state index in [4.69, 9.17) is 4.74 Å². The molecule has 0 N–H and O–H groups in total. The van der Waals surface area contributed by atoms with Crippen molar-refractivity contribution >= 4 is 5.91 Å². The number of likely N-dealkylation sites (tertiary alicyclic amines) is 1. The van der Waals surface area contributed by atoms with Gasteiger partial charge < -0.3 is 9.64 Å². The van der Waals surface area contributed by atoms with Crippen LogP contribution in [0.2, 0.25) is 0 Å². The molecular weight excluding hydrogens is 342 g/mol. The molecule has 1 aromatic carbocycles. The molecule has 0 aliphatic carbocycles. The van der Waals surface area contributed by atoms with Gasteiger partial charge in [0.15, 0.2) is 0 Å². The fourth-order valence-electron chi connectivity index (χ4n) is 3.22. The molecule has 1 fully saturated rings. The second kappa shape index (κ2) is 7.90. The van der Waals surface area contributed by atoms with Gasteiger partial charge in [-0.05, 0) is 31.0 Å². The summed E-state index contributed by atoms with van der Waals surface area (Å²) in [5.41, 5.74) is 1.40. The molecule has 3 aromatic rings. The van der Waals surface area contributed by atoms with E-state index in [1.54, 1.807) is 18.5 Å². The van der Waals surface area contributed by atoms with Crippen molar-refractivity contribution in [1.82, 2.24) is 25.1 Å². The maximum Gasteiger partial charge on any atom is 0.255 e. The lowest BCUT2D eigenvalue weighted by molar-refractivity contribution is 0.0705. The highest BCUT2D eigenvalue weighted by Crippen LogP contribution is 2.28. The zero-order chi connectivity index (χ0) is 18.5. The minimum absolute atomic E-state index is 0.0285. The molecule has 0 unspecified atom stereocenters. The molecule has 0 spiro atoms. The number of aromatic nitrogens is 4. The maximum atomic E-state index is 12.7. The molecule has 2 aromatic heterocycles. The summed E-state index contributed by atoms with van der Waals surface area (Å²) < 4.78 is 5.78. The van der Waals surface area contributed by atoms with Crippen molar-refractivity contribution in [2.45, 2.75) is 18.8 Å². The van der Waals surface area contributed by atoms with Crippen molar-refractivity contribution in [3.63, 3.8) is 0 Å². The van der Waals surface area contributed by atoms with E-state index in [-0.39, 0.29) is 11.8 Å². The van der Waals surface area contributed by atoms with Gasteiger partial charge in [-0.3, -0.25) is 9.78 Å². The summed E-state index contributed by atoms with van der Waals surface area (Å²) in [5, 5.41) is 7.52. The van der Waals surface area contributed by atoms with Crippen LogP contribution in [0.4, 0.5) is 0 Å². The van der Waals surface area contributed by atoms with Crippen LogP contribution in [0.5, 0.6) is 11.6 Å². The first-order chi connectivity index (χ1) is 13.3. The van der Waals surface area contributed by atoms with Gasteiger partial charge in [0.1, 0.15) is 5.75 Å². The number of nitrogens with zero attached hydrogens (tertiary/aromatic N) is 5. The lowest BCUT2D eigenvalue weighted by Gasteiger charge is -2.32. The Morgan fingerprint density at radius 1 is 1.07 bits per heavy atom. The normalized spacial score (nSPS) is 16.7. The van der Waals surface area contributed by atoms with E-state index in [0.29, 0.717) is 18.0 Å². The summed E-state index contributed by atoms with van der Waals surface area (Å²) >= 11 is 0. The quantitative estimate of drug-likeness (QED) is 0.710. The Bertz CT molecular complexity index is 905. The molecule has 7 nitrogen and oxygen atoms in total. The van der Waals surface area contributed by atoms with Gasteiger partial charge in [0.05, 0.1) is 29.8 Å². The van der Waals surface area contributed by atoms with Gasteiger partial charge in [0.25, 0.3) is 5.91 Å². The number of amides is 1. The number of rotatable bonds is 4. The van der Waals surface area contributed by atoms with Crippen LogP contribution in [0, 0.1) is 0 Å². The molecule has 1 amide bonds. The van der Waals surface area contributed by atoms with E-state index in [2.05, 4.69) is 20.2 Å². The number of para-hydroxylation sites is 1. The van der Waals surface area contributed by atoms with Crippen molar-refractivity contribution in [1.29, 1.82) is 0 Å². The molecule has 27 heavy (non-hydrogen) atoms. The van der Waals surface area contributed by atoms with Gasteiger partial charge in [0, 0.05) is 25.2 Å². The van der Waals surface area contributed by atoms with Gasteiger partial charge >= 0.3 is 0 Å². The van der Waals surface area contributed by atoms with Crippen LogP contribution >= 0.6 is 0 Å². The molecule has 0 radical (unpaired) electrons. The molecule has 0 bridgehead atoms. The average Bonchev–Trinajstić information content (AvgIpc) is 2.75. The van der Waals surface area contributed by atoms with Crippen LogP contribution in [0.1, 0.15) is 34.8 Å². The smallest absolute Gasteiger partial charge is 0.255 e. The van der Waals surface area contributed by atoms with Crippen LogP contribution < -0.4 is 4.74 Å². The number of benzene rings is 1. The third-order valence-electron chi connectivity index (χ3n) is 4.55. The molecule has 3 heterocycles. The van der Waals surface area contributed by atoms with Crippen LogP contribution in [-0.4, -0.2) is 44.1 Å². The molecular formula is C20H19N5O2. The van der Waals surface area contributed by atoms with Gasteiger partial charge in [-0.15, -0.1) is 0 Å². The lowest BCUT2D eigenvalue weighted by atomic mass is 9.94. The predicted octanol–water partition coefficient (Wildman–Crippen LogP) is 3.08. The Kier molecular flexibility index (Phi) is 5.00. The third kappa shape index (κ3) is 4.08. The summed E-state index contributed by atoms with van der Waals surface area (Å²) in [5.74, 6) is 1.28. The van der Waals surface area contributed by atoms with Crippen molar-refractivity contribution in [3.8, 4) is 11.6 Å². The van der Waals surface area contributed by atoms with Crippen molar-refractivity contribution < 1.29 is 9.53 Å². The largest absolute Gasteiger partial charge is 0.437 e. The van der Waals surface area contributed by atoms with Crippen molar-refractivity contribution in [2.24, 2.45) is 0 Å². The molecule has 4 rings (SSSR count). The third-order valence-corrected chi connectivity index (χ3v) is 4.55. The van der Waals surface area contributed by atoms with E-state index >= 15 is 0 Å². The van der Waals surface area contributed by atoms with Crippen LogP contribution in [0.15, 0.2) is 61.2 Å². The van der Waals surface area contributed by atoms with E-state index in [9.17, 15) is 4.79 Å². The highest BCUT2D eigenvalue weighted by Gasteiger charge is 2.27. The Morgan fingerprint density at radius 3 is 2.78 bits per heavy atom. The minimum Gasteiger partial charge on any atom is -0.437 e. The monoisotopic (exact) mass is 361 g/mol. The van der Waals surface area contributed by atoms with Crippen LogP contribution in [0.25, 0.3) is 0 Å². The molecule has 136 valence electrons. The lowest BCUT2D eigenvalue weighted by Crippen LogP contribution is -2.39. The summed E-state index contributed by atoms with van der Waals surface area (Å²) in [6, 6.07) is 11.2. The number of carbonyl (C=O) groups is 1. The van der Waals surface area contributed by atoms with E-state index < -0.39 is 0 Å². The minimum atomic E-state index is -0.0285. The number of hydrogen-bond acceptors (Lipinski definition) is 6. The number of carbonyl (C=O) groups excluding carboxylic acids is 1. The number of ether oxygens (including phenoxy) is 1. The number of hydrogen-bond donors (Lipinski definition) is 0. The first kappa shape index (κ1) is 17.1. The standard InChI is InChI=1S/C20H19N5O2/c26-20(15-8-9-22-23-11-15)25-10-4-5-16(14-25)18-12-21-13-19(24-18)27-17-6-2-1-3-7-17/h1-3,6-9,11-13,16H,4-5,10,14H2/t16-/m1/s1. The van der Waals surface area contributed by atoms with Gasteiger partial charge in [-0.1, -0.05) is 18.2 Å². The van der Waals surface area contributed by atoms with Gasteiger partial charge in [-0.25, -0.2) is 4.98 Å².